The van der Waals surface area contributed by atoms with Crippen molar-refractivity contribution in [3.05, 3.63) is 0 Å². The molecule has 4 nitrogen and oxygen atoms in total. The van der Waals surface area contributed by atoms with E-state index in [4.69, 9.17) is 10.2 Å². The average molecular weight is 206 g/mol. The lowest BCUT2D eigenvalue weighted by molar-refractivity contribution is 0.215. The van der Waals surface area contributed by atoms with Crippen LogP contribution in [0, 0.1) is 0 Å². The molecule has 0 aromatic carbocycles. The molecule has 0 radical (unpaired) electrons. The van der Waals surface area contributed by atoms with E-state index in [-0.39, 0.29) is 12.2 Å². The molecular weight excluding hydrogens is 180 g/mol. The maximum Gasteiger partial charge on any atom is 0.0483 e. The van der Waals surface area contributed by atoms with Gasteiger partial charge >= 0.3 is 0 Å². The average Bonchev–Trinajstić information content (AvgIpc) is 2.05. The first-order chi connectivity index (χ1) is 6.46. The molecule has 0 atom stereocenters. The van der Waals surface area contributed by atoms with Crippen molar-refractivity contribution in [3.8, 4) is 0 Å². The van der Waals surface area contributed by atoms with E-state index in [0.717, 1.165) is 26.2 Å². The molecule has 1 fully saturated rings. The summed E-state index contributed by atoms with van der Waals surface area (Å²) >= 11 is 0. The van der Waals surface area contributed by atoms with E-state index in [9.17, 15) is 0 Å². The minimum atomic E-state index is -0.167. The molecule has 1 aliphatic rings. The number of piperazine rings is 1. The van der Waals surface area contributed by atoms with E-state index in [1.165, 1.54) is 0 Å². The largest absolute Gasteiger partial charge is 0.394 e. The van der Waals surface area contributed by atoms with Crippen LogP contribution in [-0.2, 0) is 0 Å². The summed E-state index contributed by atoms with van der Waals surface area (Å²) in [6, 6.07) is 0. The lowest BCUT2D eigenvalue weighted by Gasteiger charge is -2.11. The molecule has 0 aliphatic carbocycles. The molecule has 0 unspecified atom stereocenters. The molecule has 0 amide bonds. The number of hydrogen-bond acceptors (Lipinski definition) is 4. The van der Waals surface area contributed by atoms with Gasteiger partial charge in [-0.3, -0.25) is 0 Å². The minimum Gasteiger partial charge on any atom is -0.394 e. The Kier molecular flexibility index (Phi) is 14.9. The highest BCUT2D eigenvalue weighted by atomic mass is 16.3. The number of rotatable bonds is 0. The van der Waals surface area contributed by atoms with Crippen LogP contribution >= 0.6 is 0 Å². The van der Waals surface area contributed by atoms with Gasteiger partial charge in [-0.25, -0.2) is 0 Å². The molecular formula is C10H26N2O2. The third kappa shape index (κ3) is 40.8. The highest BCUT2D eigenvalue weighted by Crippen LogP contribution is 1.66. The van der Waals surface area contributed by atoms with Crippen molar-refractivity contribution < 1.29 is 10.2 Å². The summed E-state index contributed by atoms with van der Waals surface area (Å²) in [5.41, 5.74) is 0. The first-order valence-electron chi connectivity index (χ1n) is 5.24. The molecule has 0 bridgehead atoms. The van der Waals surface area contributed by atoms with Crippen molar-refractivity contribution in [1.29, 1.82) is 0 Å². The molecule has 1 rings (SSSR count). The van der Waals surface area contributed by atoms with Crippen LogP contribution in [0.1, 0.15) is 27.7 Å². The smallest absolute Gasteiger partial charge is 0.0483 e. The molecule has 4 heteroatoms. The predicted octanol–water partition coefficient (Wildman–Crippen LogP) is -0.0466. The zero-order chi connectivity index (χ0) is 11.4. The Morgan fingerprint density at radius 3 is 0.929 bits per heavy atom. The van der Waals surface area contributed by atoms with Gasteiger partial charge in [0.2, 0.25) is 0 Å². The summed E-state index contributed by atoms with van der Waals surface area (Å²) in [6.07, 6.45) is -0.333. The maximum absolute atomic E-state index is 8.06. The van der Waals surface area contributed by atoms with Gasteiger partial charge in [-0.2, -0.15) is 0 Å². The Morgan fingerprint density at radius 1 is 0.714 bits per heavy atom. The zero-order valence-corrected chi connectivity index (χ0v) is 9.88. The Hall–Kier alpha value is -0.160. The van der Waals surface area contributed by atoms with E-state index in [2.05, 4.69) is 10.6 Å². The third-order valence-corrected chi connectivity index (χ3v) is 0.957. The molecule has 0 saturated carbocycles. The van der Waals surface area contributed by atoms with Crippen molar-refractivity contribution in [2.45, 2.75) is 39.9 Å². The topological polar surface area (TPSA) is 64.5 Å². The van der Waals surface area contributed by atoms with Gasteiger partial charge in [-0.1, -0.05) is 0 Å². The van der Waals surface area contributed by atoms with Crippen molar-refractivity contribution in [2.75, 3.05) is 26.2 Å². The van der Waals surface area contributed by atoms with Crippen LogP contribution in [0.5, 0.6) is 0 Å². The van der Waals surface area contributed by atoms with Crippen LogP contribution in [-0.4, -0.2) is 48.6 Å². The second-order valence-electron chi connectivity index (χ2n) is 3.69. The van der Waals surface area contributed by atoms with Crippen molar-refractivity contribution in [3.63, 3.8) is 0 Å². The van der Waals surface area contributed by atoms with E-state index >= 15 is 0 Å². The normalized spacial score (nSPS) is 15.4. The van der Waals surface area contributed by atoms with Crippen molar-refractivity contribution in [2.24, 2.45) is 0 Å². The van der Waals surface area contributed by atoms with Gasteiger partial charge in [-0.15, -0.1) is 0 Å². The second-order valence-corrected chi connectivity index (χ2v) is 3.69. The van der Waals surface area contributed by atoms with E-state index < -0.39 is 0 Å². The quantitative estimate of drug-likeness (QED) is 0.449. The second kappa shape index (κ2) is 12.8. The van der Waals surface area contributed by atoms with Crippen molar-refractivity contribution >= 4 is 0 Å². The summed E-state index contributed by atoms with van der Waals surface area (Å²) in [5.74, 6) is 0. The summed E-state index contributed by atoms with van der Waals surface area (Å²) in [5, 5.41) is 22.6. The molecule has 1 heterocycles. The predicted molar refractivity (Wildman–Crippen MR) is 60.4 cm³/mol. The summed E-state index contributed by atoms with van der Waals surface area (Å²) in [4.78, 5) is 0. The van der Waals surface area contributed by atoms with Gasteiger partial charge < -0.3 is 20.8 Å². The van der Waals surface area contributed by atoms with Crippen LogP contribution in [0.2, 0.25) is 0 Å². The Morgan fingerprint density at radius 2 is 0.857 bits per heavy atom. The SMILES string of the molecule is C1CNCCN1.CC(C)O.CC(C)O. The standard InChI is InChI=1S/C4H10N2.2C3H8O/c1-2-6-4-3-5-1;2*1-3(2)4/h5-6H,1-4H2;2*3-4H,1-2H3. The summed E-state index contributed by atoms with van der Waals surface area (Å²) in [7, 11) is 0. The lowest BCUT2D eigenvalue weighted by atomic mass is 10.4. The number of aliphatic hydroxyl groups is 2. The summed E-state index contributed by atoms with van der Waals surface area (Å²) in [6.45, 7) is 11.4. The highest BCUT2D eigenvalue weighted by molar-refractivity contribution is 4.59. The zero-order valence-electron chi connectivity index (χ0n) is 9.88. The number of aliphatic hydroxyl groups excluding tert-OH is 2. The fourth-order valence-corrected chi connectivity index (χ4v) is 0.604. The van der Waals surface area contributed by atoms with Crippen LogP contribution in [0.3, 0.4) is 0 Å². The van der Waals surface area contributed by atoms with Gasteiger partial charge in [0.15, 0.2) is 0 Å². The first-order valence-corrected chi connectivity index (χ1v) is 5.24. The fraction of sp³-hybridized carbons (Fsp3) is 1.00. The Labute approximate surface area is 87.7 Å². The molecule has 0 spiro atoms. The van der Waals surface area contributed by atoms with Crippen LogP contribution in [0.15, 0.2) is 0 Å². The minimum absolute atomic E-state index is 0.167. The molecule has 1 aliphatic heterocycles. The van der Waals surface area contributed by atoms with Crippen LogP contribution in [0.4, 0.5) is 0 Å². The fourth-order valence-electron chi connectivity index (χ4n) is 0.604. The Balaban J connectivity index is 0. The molecule has 14 heavy (non-hydrogen) atoms. The van der Waals surface area contributed by atoms with Gasteiger partial charge in [0.1, 0.15) is 0 Å². The molecule has 88 valence electrons. The van der Waals surface area contributed by atoms with E-state index in [1.807, 2.05) is 0 Å². The van der Waals surface area contributed by atoms with Gasteiger partial charge in [0, 0.05) is 38.4 Å². The summed E-state index contributed by atoms with van der Waals surface area (Å²) < 4.78 is 0. The highest BCUT2D eigenvalue weighted by Gasteiger charge is 1.91. The number of nitrogens with one attached hydrogen (secondary N) is 2. The number of hydrogen-bond donors (Lipinski definition) is 4. The van der Waals surface area contributed by atoms with Crippen LogP contribution in [0.25, 0.3) is 0 Å². The van der Waals surface area contributed by atoms with E-state index in [1.54, 1.807) is 27.7 Å². The monoisotopic (exact) mass is 206 g/mol. The first kappa shape index (κ1) is 16.3. The van der Waals surface area contributed by atoms with E-state index in [0.29, 0.717) is 0 Å². The van der Waals surface area contributed by atoms with Gasteiger partial charge in [0.25, 0.3) is 0 Å². The molecule has 1 saturated heterocycles. The molecule has 4 N–H and O–H groups in total. The van der Waals surface area contributed by atoms with Crippen LogP contribution < -0.4 is 10.6 Å². The molecule has 0 aromatic rings. The maximum atomic E-state index is 8.06. The molecule has 0 aromatic heterocycles. The van der Waals surface area contributed by atoms with Gasteiger partial charge in [0.05, 0.1) is 0 Å². The Bertz CT molecular complexity index is 71.1. The lowest BCUT2D eigenvalue weighted by Crippen LogP contribution is -2.39. The van der Waals surface area contributed by atoms with Gasteiger partial charge in [-0.05, 0) is 27.7 Å². The third-order valence-electron chi connectivity index (χ3n) is 0.957. The van der Waals surface area contributed by atoms with Crippen molar-refractivity contribution in [1.82, 2.24) is 10.6 Å².